The molecule has 0 fully saturated rings. The van der Waals surface area contributed by atoms with Crippen molar-refractivity contribution in [2.45, 2.75) is 13.3 Å². The number of rotatable bonds is 4. The molecule has 3 nitrogen and oxygen atoms in total. The highest BCUT2D eigenvalue weighted by Crippen LogP contribution is 2.27. The van der Waals surface area contributed by atoms with Gasteiger partial charge in [0, 0.05) is 18.2 Å². The zero-order chi connectivity index (χ0) is 13.0. The Kier molecular flexibility index (Phi) is 4.10. The van der Waals surface area contributed by atoms with Crippen LogP contribution in [0.1, 0.15) is 13.3 Å². The number of nitrogens with zero attached hydrogens (tertiary/aromatic N) is 2. The summed E-state index contributed by atoms with van der Waals surface area (Å²) in [7, 11) is 0. The van der Waals surface area contributed by atoms with E-state index in [0.717, 1.165) is 18.8 Å². The molecule has 1 N–H and O–H groups in total. The summed E-state index contributed by atoms with van der Waals surface area (Å²) in [6.45, 7) is 2.92. The van der Waals surface area contributed by atoms with Crippen molar-refractivity contribution in [3.63, 3.8) is 0 Å². The lowest BCUT2D eigenvalue weighted by Gasteiger charge is -2.07. The minimum absolute atomic E-state index is 0.343. The second kappa shape index (κ2) is 5.78. The standard InChI is InChI=1S/C13H13ClFN3/c1-2-5-16-13-7-12(17-8-18-13)10-4-3-9(15)6-11(10)14/h3-4,6-8H,2,5H2,1H3,(H,16,17,18). The number of halogens is 2. The van der Waals surface area contributed by atoms with E-state index in [1.165, 1.54) is 18.5 Å². The molecule has 18 heavy (non-hydrogen) atoms. The Hall–Kier alpha value is -1.68. The third-order valence-electron chi connectivity index (χ3n) is 2.43. The molecule has 0 aliphatic carbocycles. The number of anilines is 1. The van der Waals surface area contributed by atoms with Gasteiger partial charge in [0.25, 0.3) is 0 Å². The Balaban J connectivity index is 2.32. The monoisotopic (exact) mass is 265 g/mol. The topological polar surface area (TPSA) is 37.8 Å². The summed E-state index contributed by atoms with van der Waals surface area (Å²) >= 11 is 6.00. The van der Waals surface area contributed by atoms with Crippen LogP contribution in [0.2, 0.25) is 5.02 Å². The highest BCUT2D eigenvalue weighted by atomic mass is 35.5. The van der Waals surface area contributed by atoms with E-state index < -0.39 is 0 Å². The number of aromatic nitrogens is 2. The largest absolute Gasteiger partial charge is 0.370 e. The molecule has 1 aromatic carbocycles. The number of hydrogen-bond donors (Lipinski definition) is 1. The van der Waals surface area contributed by atoms with Gasteiger partial charge >= 0.3 is 0 Å². The molecular weight excluding hydrogens is 253 g/mol. The van der Waals surface area contributed by atoms with E-state index in [0.29, 0.717) is 16.3 Å². The highest BCUT2D eigenvalue weighted by molar-refractivity contribution is 6.33. The SMILES string of the molecule is CCCNc1cc(-c2ccc(F)cc2Cl)ncn1. The van der Waals surface area contributed by atoms with Gasteiger partial charge in [0.05, 0.1) is 10.7 Å². The molecule has 0 amide bonds. The van der Waals surface area contributed by atoms with Crippen LogP contribution in [-0.4, -0.2) is 16.5 Å². The first kappa shape index (κ1) is 12.8. The van der Waals surface area contributed by atoms with Gasteiger partial charge in [-0.1, -0.05) is 18.5 Å². The van der Waals surface area contributed by atoms with Gasteiger partial charge in [0.2, 0.25) is 0 Å². The van der Waals surface area contributed by atoms with Crippen molar-refractivity contribution in [1.82, 2.24) is 9.97 Å². The molecule has 5 heteroatoms. The van der Waals surface area contributed by atoms with Crippen molar-refractivity contribution in [3.05, 3.63) is 41.4 Å². The lowest BCUT2D eigenvalue weighted by molar-refractivity contribution is 0.628. The van der Waals surface area contributed by atoms with Crippen molar-refractivity contribution < 1.29 is 4.39 Å². The van der Waals surface area contributed by atoms with Gasteiger partial charge in [-0.2, -0.15) is 0 Å². The smallest absolute Gasteiger partial charge is 0.129 e. The van der Waals surface area contributed by atoms with Crippen molar-refractivity contribution in [3.8, 4) is 11.3 Å². The van der Waals surface area contributed by atoms with Crippen molar-refractivity contribution in [1.29, 1.82) is 0 Å². The van der Waals surface area contributed by atoms with Crippen molar-refractivity contribution in [2.75, 3.05) is 11.9 Å². The minimum Gasteiger partial charge on any atom is -0.370 e. The van der Waals surface area contributed by atoms with E-state index in [2.05, 4.69) is 22.2 Å². The molecule has 0 atom stereocenters. The maximum Gasteiger partial charge on any atom is 0.129 e. The predicted molar refractivity (Wildman–Crippen MR) is 71.2 cm³/mol. The molecule has 0 unspecified atom stereocenters. The van der Waals surface area contributed by atoms with Gasteiger partial charge in [0.15, 0.2) is 0 Å². The van der Waals surface area contributed by atoms with E-state index in [-0.39, 0.29) is 5.82 Å². The zero-order valence-corrected chi connectivity index (χ0v) is 10.7. The summed E-state index contributed by atoms with van der Waals surface area (Å²) in [6.07, 6.45) is 2.48. The van der Waals surface area contributed by atoms with Gasteiger partial charge in [-0.05, 0) is 24.6 Å². The first-order valence-electron chi connectivity index (χ1n) is 5.72. The molecule has 0 saturated heterocycles. The average molecular weight is 266 g/mol. The van der Waals surface area contributed by atoms with Gasteiger partial charge < -0.3 is 5.32 Å². The van der Waals surface area contributed by atoms with Crippen LogP contribution in [0.3, 0.4) is 0 Å². The van der Waals surface area contributed by atoms with E-state index in [9.17, 15) is 4.39 Å². The van der Waals surface area contributed by atoms with E-state index >= 15 is 0 Å². The fraction of sp³-hybridized carbons (Fsp3) is 0.231. The fourth-order valence-electron chi connectivity index (χ4n) is 1.55. The number of hydrogen-bond acceptors (Lipinski definition) is 3. The van der Waals surface area contributed by atoms with Gasteiger partial charge in [0.1, 0.15) is 18.0 Å². The third kappa shape index (κ3) is 2.96. The van der Waals surface area contributed by atoms with Crippen LogP contribution in [-0.2, 0) is 0 Å². The Morgan fingerprint density at radius 2 is 2.11 bits per heavy atom. The summed E-state index contributed by atoms with van der Waals surface area (Å²) in [5.41, 5.74) is 1.37. The van der Waals surface area contributed by atoms with E-state index in [1.807, 2.05) is 0 Å². The Labute approximate surface area is 110 Å². The van der Waals surface area contributed by atoms with Crippen LogP contribution in [0.15, 0.2) is 30.6 Å². The molecule has 1 aromatic heterocycles. The summed E-state index contributed by atoms with van der Waals surface area (Å²) in [5.74, 6) is 0.379. The van der Waals surface area contributed by atoms with Crippen LogP contribution in [0.4, 0.5) is 10.2 Å². The normalized spacial score (nSPS) is 10.4. The predicted octanol–water partition coefficient (Wildman–Crippen LogP) is 3.76. The third-order valence-corrected chi connectivity index (χ3v) is 2.74. The maximum absolute atomic E-state index is 13.0. The summed E-state index contributed by atoms with van der Waals surface area (Å²) in [4.78, 5) is 8.26. The molecular formula is C13H13ClFN3. The molecule has 0 bridgehead atoms. The quantitative estimate of drug-likeness (QED) is 0.915. The second-order valence-corrected chi connectivity index (χ2v) is 4.25. The highest BCUT2D eigenvalue weighted by Gasteiger charge is 2.07. The lowest BCUT2D eigenvalue weighted by atomic mass is 10.1. The molecule has 2 rings (SSSR count). The summed E-state index contributed by atoms with van der Waals surface area (Å²) < 4.78 is 13.0. The van der Waals surface area contributed by atoms with Crippen LogP contribution >= 0.6 is 11.6 Å². The van der Waals surface area contributed by atoms with Gasteiger partial charge in [-0.25, -0.2) is 14.4 Å². The molecule has 1 heterocycles. The fourth-order valence-corrected chi connectivity index (χ4v) is 1.82. The van der Waals surface area contributed by atoms with Crippen LogP contribution in [0.25, 0.3) is 11.3 Å². The molecule has 0 saturated carbocycles. The van der Waals surface area contributed by atoms with Gasteiger partial charge in [-0.3, -0.25) is 0 Å². The maximum atomic E-state index is 13.0. The van der Waals surface area contributed by atoms with Crippen molar-refractivity contribution >= 4 is 17.4 Å². The lowest BCUT2D eigenvalue weighted by Crippen LogP contribution is -2.02. The number of nitrogens with one attached hydrogen (secondary N) is 1. The number of benzene rings is 1. The average Bonchev–Trinajstić information content (AvgIpc) is 2.36. The summed E-state index contributed by atoms with van der Waals surface area (Å²) in [5, 5.41) is 3.51. The molecule has 2 aromatic rings. The molecule has 94 valence electrons. The van der Waals surface area contributed by atoms with Crippen LogP contribution in [0.5, 0.6) is 0 Å². The Morgan fingerprint density at radius 1 is 1.28 bits per heavy atom. The summed E-state index contributed by atoms with van der Waals surface area (Å²) in [6, 6.07) is 6.05. The van der Waals surface area contributed by atoms with Gasteiger partial charge in [-0.15, -0.1) is 0 Å². The Morgan fingerprint density at radius 3 is 2.83 bits per heavy atom. The van der Waals surface area contributed by atoms with Crippen LogP contribution in [0, 0.1) is 5.82 Å². The van der Waals surface area contributed by atoms with E-state index in [1.54, 1.807) is 12.1 Å². The Bertz CT molecular complexity index is 546. The minimum atomic E-state index is -0.359. The molecule has 0 spiro atoms. The molecule has 0 radical (unpaired) electrons. The first-order chi connectivity index (χ1) is 8.70. The van der Waals surface area contributed by atoms with Crippen molar-refractivity contribution in [2.24, 2.45) is 0 Å². The van der Waals surface area contributed by atoms with Crippen LogP contribution < -0.4 is 5.32 Å². The van der Waals surface area contributed by atoms with E-state index in [4.69, 9.17) is 11.6 Å². The second-order valence-electron chi connectivity index (χ2n) is 3.84. The molecule has 0 aliphatic rings. The first-order valence-corrected chi connectivity index (χ1v) is 6.10. The molecule has 0 aliphatic heterocycles. The zero-order valence-electron chi connectivity index (χ0n) is 9.95.